The Hall–Kier alpha value is -2.26. The lowest BCUT2D eigenvalue weighted by Crippen LogP contribution is -1.97. The van der Waals surface area contributed by atoms with Gasteiger partial charge in [0.05, 0.1) is 0 Å². The van der Waals surface area contributed by atoms with Gasteiger partial charge >= 0.3 is 0 Å². The van der Waals surface area contributed by atoms with E-state index in [1.165, 1.54) is 10.9 Å². The molecule has 0 aliphatic carbocycles. The normalized spacial score (nSPS) is 10.9. The number of H-pyrrole nitrogens is 1. The van der Waals surface area contributed by atoms with Gasteiger partial charge in [0.15, 0.2) is 0 Å². The van der Waals surface area contributed by atoms with Gasteiger partial charge in [-0.15, -0.1) is 0 Å². The summed E-state index contributed by atoms with van der Waals surface area (Å²) in [7, 11) is 0. The van der Waals surface area contributed by atoms with Crippen LogP contribution < -0.4 is 10.5 Å². The molecule has 3 N–H and O–H groups in total. The van der Waals surface area contributed by atoms with Crippen LogP contribution in [0.4, 0.5) is 0 Å². The minimum atomic E-state index is 0.553. The van der Waals surface area contributed by atoms with E-state index in [1.807, 2.05) is 24.4 Å². The molecule has 0 atom stereocenters. The van der Waals surface area contributed by atoms with Gasteiger partial charge in [0.25, 0.3) is 0 Å². The lowest BCUT2D eigenvalue weighted by Gasteiger charge is -2.06. The van der Waals surface area contributed by atoms with Gasteiger partial charge in [-0.3, -0.25) is 0 Å². The molecule has 0 fully saturated rings. The molecule has 1 heterocycles. The molecule has 3 rings (SSSR count). The highest BCUT2D eigenvalue weighted by Gasteiger charge is 2.05. The van der Waals surface area contributed by atoms with E-state index < -0.39 is 0 Å². The van der Waals surface area contributed by atoms with E-state index in [4.69, 9.17) is 10.5 Å². The molecule has 0 spiro atoms. The molecule has 102 valence electrons. The predicted molar refractivity (Wildman–Crippen MR) is 81.7 cm³/mol. The summed E-state index contributed by atoms with van der Waals surface area (Å²) >= 11 is 0. The zero-order chi connectivity index (χ0) is 13.9. The van der Waals surface area contributed by atoms with Crippen LogP contribution in [0, 0.1) is 6.92 Å². The fourth-order valence-corrected chi connectivity index (χ4v) is 2.27. The molecule has 2 aromatic carbocycles. The largest absolute Gasteiger partial charge is 0.489 e. The summed E-state index contributed by atoms with van der Waals surface area (Å²) < 4.78 is 5.84. The number of hydrogen-bond acceptors (Lipinski definition) is 2. The van der Waals surface area contributed by atoms with Gasteiger partial charge in [0.2, 0.25) is 0 Å². The van der Waals surface area contributed by atoms with E-state index in [-0.39, 0.29) is 0 Å². The Morgan fingerprint density at radius 2 is 1.90 bits per heavy atom. The summed E-state index contributed by atoms with van der Waals surface area (Å²) in [6, 6.07) is 14.3. The summed E-state index contributed by atoms with van der Waals surface area (Å²) in [6.07, 6.45) is 2.00. The fraction of sp³-hybridized carbons (Fsp3) is 0.176. The first-order valence-electron chi connectivity index (χ1n) is 6.74. The summed E-state index contributed by atoms with van der Waals surface area (Å²) in [5, 5.41) is 1.18. The molecule has 20 heavy (non-hydrogen) atoms. The summed E-state index contributed by atoms with van der Waals surface area (Å²) in [5.74, 6) is 0.889. The maximum atomic E-state index is 5.84. The number of benzene rings is 2. The lowest BCUT2D eigenvalue weighted by atomic mass is 10.1. The van der Waals surface area contributed by atoms with Crippen LogP contribution in [-0.2, 0) is 13.2 Å². The Bertz CT molecular complexity index is 713. The number of nitrogens with two attached hydrogens (primary N) is 1. The van der Waals surface area contributed by atoms with Crippen LogP contribution in [0.5, 0.6) is 5.75 Å². The van der Waals surface area contributed by atoms with Crippen LogP contribution in [-0.4, -0.2) is 4.98 Å². The average Bonchev–Trinajstić information content (AvgIpc) is 2.89. The van der Waals surface area contributed by atoms with Gasteiger partial charge < -0.3 is 15.5 Å². The molecule has 0 bridgehead atoms. The minimum absolute atomic E-state index is 0.553. The SMILES string of the molecule is Cc1ccc(OCc2c[nH]c3ccc(CN)cc23)cc1. The van der Waals surface area contributed by atoms with Gasteiger partial charge in [0.1, 0.15) is 12.4 Å². The van der Waals surface area contributed by atoms with Crippen molar-refractivity contribution in [3.63, 3.8) is 0 Å². The summed E-state index contributed by atoms with van der Waals surface area (Å²) in [6.45, 7) is 3.17. The number of fused-ring (bicyclic) bond motifs is 1. The van der Waals surface area contributed by atoms with E-state index >= 15 is 0 Å². The van der Waals surface area contributed by atoms with Crippen molar-refractivity contribution < 1.29 is 4.74 Å². The van der Waals surface area contributed by atoms with Crippen molar-refractivity contribution in [1.82, 2.24) is 4.98 Å². The van der Waals surface area contributed by atoms with Crippen LogP contribution in [0.3, 0.4) is 0 Å². The van der Waals surface area contributed by atoms with Crippen molar-refractivity contribution in [3.05, 3.63) is 65.4 Å². The third-order valence-corrected chi connectivity index (χ3v) is 3.48. The highest BCUT2D eigenvalue weighted by Crippen LogP contribution is 2.22. The van der Waals surface area contributed by atoms with Crippen molar-refractivity contribution in [2.24, 2.45) is 5.73 Å². The van der Waals surface area contributed by atoms with Gasteiger partial charge in [-0.1, -0.05) is 23.8 Å². The Morgan fingerprint density at radius 3 is 2.65 bits per heavy atom. The van der Waals surface area contributed by atoms with Gasteiger partial charge in [-0.05, 0) is 36.8 Å². The number of nitrogens with one attached hydrogen (secondary N) is 1. The first-order chi connectivity index (χ1) is 9.76. The van der Waals surface area contributed by atoms with Crippen molar-refractivity contribution >= 4 is 10.9 Å². The highest BCUT2D eigenvalue weighted by molar-refractivity contribution is 5.83. The molecule has 0 saturated heterocycles. The number of aromatic amines is 1. The fourth-order valence-electron chi connectivity index (χ4n) is 2.27. The highest BCUT2D eigenvalue weighted by atomic mass is 16.5. The number of aryl methyl sites for hydroxylation is 1. The molecule has 0 aliphatic heterocycles. The molecule has 1 aromatic heterocycles. The maximum Gasteiger partial charge on any atom is 0.119 e. The average molecular weight is 266 g/mol. The second-order valence-corrected chi connectivity index (χ2v) is 5.00. The number of aromatic nitrogens is 1. The molecule has 0 aliphatic rings. The zero-order valence-corrected chi connectivity index (χ0v) is 11.5. The maximum absolute atomic E-state index is 5.84. The second-order valence-electron chi connectivity index (χ2n) is 5.00. The second kappa shape index (κ2) is 5.39. The molecule has 0 amide bonds. The molecule has 0 radical (unpaired) electrons. The van der Waals surface area contributed by atoms with E-state index in [9.17, 15) is 0 Å². The minimum Gasteiger partial charge on any atom is -0.489 e. The van der Waals surface area contributed by atoms with Crippen molar-refractivity contribution in [3.8, 4) is 5.75 Å². The monoisotopic (exact) mass is 266 g/mol. The molecule has 0 saturated carbocycles. The zero-order valence-electron chi connectivity index (χ0n) is 11.5. The van der Waals surface area contributed by atoms with E-state index in [1.54, 1.807) is 0 Å². The Balaban J connectivity index is 1.81. The smallest absolute Gasteiger partial charge is 0.119 e. The summed E-state index contributed by atoms with van der Waals surface area (Å²) in [5.41, 5.74) is 10.3. The topological polar surface area (TPSA) is 51.0 Å². The standard InChI is InChI=1S/C17H18N2O/c1-12-2-5-15(6-3-12)20-11-14-10-19-17-7-4-13(9-18)8-16(14)17/h2-8,10,19H,9,11,18H2,1H3. The predicted octanol–water partition coefficient (Wildman–Crippen LogP) is 3.51. The first kappa shape index (κ1) is 12.8. The van der Waals surface area contributed by atoms with E-state index in [0.29, 0.717) is 13.2 Å². The molecule has 0 unspecified atom stereocenters. The Labute approximate surface area is 118 Å². The van der Waals surface area contributed by atoms with Crippen molar-refractivity contribution in [1.29, 1.82) is 0 Å². The number of ether oxygens (including phenoxy) is 1. The third-order valence-electron chi connectivity index (χ3n) is 3.48. The van der Waals surface area contributed by atoms with Gasteiger partial charge in [0, 0.05) is 29.2 Å². The molecule has 3 heteroatoms. The van der Waals surface area contributed by atoms with Crippen molar-refractivity contribution in [2.75, 3.05) is 0 Å². The van der Waals surface area contributed by atoms with Gasteiger partial charge in [-0.2, -0.15) is 0 Å². The Kier molecular flexibility index (Phi) is 3.44. The number of hydrogen-bond donors (Lipinski definition) is 2. The summed E-state index contributed by atoms with van der Waals surface area (Å²) in [4.78, 5) is 3.26. The molecule has 3 nitrogen and oxygen atoms in total. The van der Waals surface area contributed by atoms with Crippen LogP contribution in [0.2, 0.25) is 0 Å². The first-order valence-corrected chi connectivity index (χ1v) is 6.74. The quantitative estimate of drug-likeness (QED) is 0.759. The van der Waals surface area contributed by atoms with Gasteiger partial charge in [-0.25, -0.2) is 0 Å². The van der Waals surface area contributed by atoms with E-state index in [0.717, 1.165) is 22.4 Å². The van der Waals surface area contributed by atoms with E-state index in [2.05, 4.69) is 36.2 Å². The molecular weight excluding hydrogens is 248 g/mol. The van der Waals surface area contributed by atoms with Crippen LogP contribution in [0.25, 0.3) is 10.9 Å². The van der Waals surface area contributed by atoms with Crippen molar-refractivity contribution in [2.45, 2.75) is 20.1 Å². The Morgan fingerprint density at radius 1 is 1.10 bits per heavy atom. The molecule has 3 aromatic rings. The van der Waals surface area contributed by atoms with Crippen LogP contribution in [0.1, 0.15) is 16.7 Å². The number of rotatable bonds is 4. The molecular formula is C17H18N2O. The van der Waals surface area contributed by atoms with Crippen LogP contribution in [0.15, 0.2) is 48.7 Å². The lowest BCUT2D eigenvalue weighted by molar-refractivity contribution is 0.307. The van der Waals surface area contributed by atoms with Crippen LogP contribution >= 0.6 is 0 Å². The third kappa shape index (κ3) is 2.53.